The van der Waals surface area contributed by atoms with Crippen molar-refractivity contribution in [2.45, 2.75) is 0 Å². The summed E-state index contributed by atoms with van der Waals surface area (Å²) in [7, 11) is 0. The summed E-state index contributed by atoms with van der Waals surface area (Å²) >= 11 is 12.3. The average molecular weight is 359 g/mol. The van der Waals surface area contributed by atoms with Crippen LogP contribution in [-0.4, -0.2) is 36.1 Å². The molecule has 2 heterocycles. The number of benzene rings is 2. The van der Waals surface area contributed by atoms with Crippen LogP contribution in [0.4, 0.5) is 11.5 Å². The summed E-state index contributed by atoms with van der Waals surface area (Å²) in [5.41, 5.74) is 2.89. The first kappa shape index (κ1) is 15.5. The van der Waals surface area contributed by atoms with Gasteiger partial charge in [0.2, 0.25) is 0 Å². The summed E-state index contributed by atoms with van der Waals surface area (Å²) < 4.78 is 0. The van der Waals surface area contributed by atoms with Crippen LogP contribution >= 0.6 is 23.2 Å². The van der Waals surface area contributed by atoms with Gasteiger partial charge in [0.25, 0.3) is 0 Å². The normalized spacial score (nSPS) is 15.1. The third kappa shape index (κ3) is 2.99. The summed E-state index contributed by atoms with van der Waals surface area (Å²) in [5.74, 6) is 0.770. The van der Waals surface area contributed by atoms with E-state index in [0.717, 1.165) is 48.1 Å². The zero-order valence-corrected chi connectivity index (χ0v) is 14.5. The first-order chi connectivity index (χ1) is 11.7. The van der Waals surface area contributed by atoms with Crippen LogP contribution < -0.4 is 9.80 Å². The number of halogens is 2. The molecule has 2 aromatic carbocycles. The van der Waals surface area contributed by atoms with Crippen LogP contribution in [0.5, 0.6) is 0 Å². The van der Waals surface area contributed by atoms with E-state index in [0.29, 0.717) is 5.15 Å². The van der Waals surface area contributed by atoms with E-state index in [1.807, 2.05) is 36.4 Å². The highest BCUT2D eigenvalue weighted by molar-refractivity contribution is 6.32. The van der Waals surface area contributed by atoms with Gasteiger partial charge >= 0.3 is 0 Å². The Labute approximate surface area is 150 Å². The lowest BCUT2D eigenvalue weighted by atomic mass is 10.2. The zero-order chi connectivity index (χ0) is 16.5. The fraction of sp³-hybridized carbons (Fsp3) is 0.222. The molecule has 0 saturated carbocycles. The maximum Gasteiger partial charge on any atom is 0.172 e. The Morgan fingerprint density at radius 2 is 1.29 bits per heavy atom. The maximum absolute atomic E-state index is 6.36. The number of anilines is 2. The lowest BCUT2D eigenvalue weighted by molar-refractivity contribution is 0.647. The molecular weight excluding hydrogens is 343 g/mol. The monoisotopic (exact) mass is 358 g/mol. The van der Waals surface area contributed by atoms with Gasteiger partial charge in [0, 0.05) is 36.9 Å². The molecule has 3 aromatic rings. The molecule has 0 aliphatic carbocycles. The summed E-state index contributed by atoms with van der Waals surface area (Å²) in [6.07, 6.45) is 0. The van der Waals surface area contributed by atoms with Gasteiger partial charge in [0.05, 0.1) is 11.0 Å². The van der Waals surface area contributed by atoms with E-state index >= 15 is 0 Å². The van der Waals surface area contributed by atoms with Crippen LogP contribution in [0, 0.1) is 0 Å². The molecule has 1 aliphatic heterocycles. The lowest BCUT2D eigenvalue weighted by Crippen LogP contribution is -2.47. The number of fused-ring (bicyclic) bond motifs is 1. The molecule has 0 spiro atoms. The van der Waals surface area contributed by atoms with Crippen LogP contribution in [0.15, 0.2) is 48.5 Å². The molecule has 1 saturated heterocycles. The Bertz CT molecular complexity index is 859. The topological polar surface area (TPSA) is 32.3 Å². The second-order valence-corrected chi connectivity index (χ2v) is 6.57. The van der Waals surface area contributed by atoms with E-state index in [-0.39, 0.29) is 0 Å². The highest BCUT2D eigenvalue weighted by atomic mass is 35.5. The first-order valence-electron chi connectivity index (χ1n) is 7.88. The summed E-state index contributed by atoms with van der Waals surface area (Å²) in [6, 6.07) is 15.8. The van der Waals surface area contributed by atoms with E-state index in [4.69, 9.17) is 28.2 Å². The van der Waals surface area contributed by atoms with Crippen molar-refractivity contribution in [1.29, 1.82) is 0 Å². The quantitative estimate of drug-likeness (QED) is 0.684. The van der Waals surface area contributed by atoms with E-state index < -0.39 is 0 Å². The SMILES string of the molecule is Clc1ccc(N2CCN(c3nc4ccccc4nc3Cl)CC2)cc1. The molecule has 24 heavy (non-hydrogen) atoms. The van der Waals surface area contributed by atoms with Gasteiger partial charge in [-0.1, -0.05) is 35.3 Å². The molecule has 0 N–H and O–H groups in total. The molecule has 0 radical (unpaired) electrons. The molecular formula is C18H16Cl2N4. The van der Waals surface area contributed by atoms with Crippen LogP contribution in [0.3, 0.4) is 0 Å². The molecule has 1 aliphatic rings. The van der Waals surface area contributed by atoms with Crippen LogP contribution in [0.25, 0.3) is 11.0 Å². The minimum absolute atomic E-state index is 0.466. The van der Waals surface area contributed by atoms with Gasteiger partial charge in [0.1, 0.15) is 0 Å². The van der Waals surface area contributed by atoms with Crippen molar-refractivity contribution in [2.75, 3.05) is 36.0 Å². The van der Waals surface area contributed by atoms with Gasteiger partial charge in [-0.25, -0.2) is 9.97 Å². The largest absolute Gasteiger partial charge is 0.368 e. The van der Waals surface area contributed by atoms with Crippen LogP contribution in [-0.2, 0) is 0 Å². The highest BCUT2D eigenvalue weighted by Crippen LogP contribution is 2.27. The van der Waals surface area contributed by atoms with E-state index in [9.17, 15) is 0 Å². The predicted molar refractivity (Wildman–Crippen MR) is 100 cm³/mol. The second kappa shape index (κ2) is 6.46. The Hall–Kier alpha value is -2.04. The van der Waals surface area contributed by atoms with Crippen molar-refractivity contribution < 1.29 is 0 Å². The van der Waals surface area contributed by atoms with Crippen molar-refractivity contribution in [1.82, 2.24) is 9.97 Å². The van der Waals surface area contributed by atoms with Crippen LogP contribution in [0.2, 0.25) is 10.2 Å². The number of hydrogen-bond donors (Lipinski definition) is 0. The summed E-state index contributed by atoms with van der Waals surface area (Å²) in [4.78, 5) is 13.7. The van der Waals surface area contributed by atoms with Gasteiger partial charge in [-0.2, -0.15) is 0 Å². The lowest BCUT2D eigenvalue weighted by Gasteiger charge is -2.36. The molecule has 0 atom stereocenters. The minimum atomic E-state index is 0.466. The number of aromatic nitrogens is 2. The van der Waals surface area contributed by atoms with Crippen molar-refractivity contribution in [3.63, 3.8) is 0 Å². The standard InChI is InChI=1S/C18H16Cl2N4/c19-13-5-7-14(8-6-13)23-9-11-24(12-10-23)18-17(20)21-15-3-1-2-4-16(15)22-18/h1-8H,9-12H2. The van der Waals surface area contributed by atoms with Crippen molar-refractivity contribution in [2.24, 2.45) is 0 Å². The van der Waals surface area contributed by atoms with Gasteiger partial charge in [-0.05, 0) is 36.4 Å². The fourth-order valence-corrected chi connectivity index (χ4v) is 3.38. The van der Waals surface area contributed by atoms with Gasteiger partial charge in [0.15, 0.2) is 11.0 Å². The molecule has 0 bridgehead atoms. The third-order valence-electron chi connectivity index (χ3n) is 4.28. The molecule has 1 fully saturated rings. The highest BCUT2D eigenvalue weighted by Gasteiger charge is 2.21. The van der Waals surface area contributed by atoms with Gasteiger partial charge in [-0.15, -0.1) is 0 Å². The van der Waals surface area contributed by atoms with Crippen LogP contribution in [0.1, 0.15) is 0 Å². The van der Waals surface area contributed by atoms with Crippen molar-refractivity contribution in [3.05, 3.63) is 58.7 Å². The molecule has 6 heteroatoms. The average Bonchev–Trinajstić information content (AvgIpc) is 2.62. The second-order valence-electron chi connectivity index (χ2n) is 5.78. The Morgan fingerprint density at radius 1 is 0.708 bits per heavy atom. The number of rotatable bonds is 2. The smallest absolute Gasteiger partial charge is 0.172 e. The molecule has 1 aromatic heterocycles. The Balaban J connectivity index is 1.53. The van der Waals surface area contributed by atoms with Gasteiger partial charge < -0.3 is 9.80 Å². The molecule has 4 nitrogen and oxygen atoms in total. The number of hydrogen-bond acceptors (Lipinski definition) is 4. The minimum Gasteiger partial charge on any atom is -0.368 e. The Kier molecular flexibility index (Phi) is 4.17. The van der Waals surface area contributed by atoms with E-state index in [2.05, 4.69) is 26.9 Å². The first-order valence-corrected chi connectivity index (χ1v) is 8.64. The van der Waals surface area contributed by atoms with Gasteiger partial charge in [-0.3, -0.25) is 0 Å². The molecule has 0 unspecified atom stereocenters. The third-order valence-corrected chi connectivity index (χ3v) is 4.79. The fourth-order valence-electron chi connectivity index (χ4n) is 3.00. The molecule has 122 valence electrons. The summed E-state index contributed by atoms with van der Waals surface area (Å²) in [6.45, 7) is 3.53. The molecule has 4 rings (SSSR count). The maximum atomic E-state index is 6.36. The number of para-hydroxylation sites is 2. The zero-order valence-electron chi connectivity index (χ0n) is 13.0. The van der Waals surface area contributed by atoms with E-state index in [1.165, 1.54) is 5.69 Å². The van der Waals surface area contributed by atoms with Crippen molar-refractivity contribution in [3.8, 4) is 0 Å². The summed E-state index contributed by atoms with van der Waals surface area (Å²) in [5, 5.41) is 1.23. The van der Waals surface area contributed by atoms with Crippen molar-refractivity contribution >= 4 is 45.7 Å². The van der Waals surface area contributed by atoms with E-state index in [1.54, 1.807) is 0 Å². The Morgan fingerprint density at radius 3 is 1.96 bits per heavy atom. The number of nitrogens with zero attached hydrogens (tertiary/aromatic N) is 4. The molecule has 0 amide bonds. The predicted octanol–water partition coefficient (Wildman–Crippen LogP) is 4.26. The number of piperazine rings is 1.